The van der Waals surface area contributed by atoms with Crippen LogP contribution in [-0.2, 0) is 6.42 Å². The zero-order valence-electron chi connectivity index (χ0n) is 11.0. The van der Waals surface area contributed by atoms with Gasteiger partial charge in [0.05, 0.1) is 0 Å². The van der Waals surface area contributed by atoms with Crippen molar-refractivity contribution in [2.24, 2.45) is 0 Å². The molecule has 92 valence electrons. The minimum atomic E-state index is 1.27. The Morgan fingerprint density at radius 1 is 1.00 bits per heavy atom. The van der Waals surface area contributed by atoms with E-state index in [-0.39, 0.29) is 0 Å². The van der Waals surface area contributed by atoms with Crippen molar-refractivity contribution in [3.8, 4) is 0 Å². The molecular formula is C16H22S. The molecule has 0 saturated heterocycles. The summed E-state index contributed by atoms with van der Waals surface area (Å²) in [6, 6.07) is 8.78. The summed E-state index contributed by atoms with van der Waals surface area (Å²) in [6.07, 6.45) is 8.15. The Bertz CT molecular complexity index is 467. The first kappa shape index (κ1) is 12.6. The van der Waals surface area contributed by atoms with Crippen LogP contribution >= 0.6 is 11.3 Å². The second kappa shape index (κ2) is 6.20. The average molecular weight is 246 g/mol. The van der Waals surface area contributed by atoms with Crippen LogP contribution in [0.3, 0.4) is 0 Å². The van der Waals surface area contributed by atoms with E-state index >= 15 is 0 Å². The van der Waals surface area contributed by atoms with Crippen molar-refractivity contribution in [3.05, 3.63) is 34.7 Å². The Hall–Kier alpha value is -0.820. The summed E-state index contributed by atoms with van der Waals surface area (Å²) in [6.45, 7) is 4.55. The number of thiophene rings is 1. The van der Waals surface area contributed by atoms with Crippen LogP contribution in [0.1, 0.15) is 49.5 Å². The van der Waals surface area contributed by atoms with Gasteiger partial charge in [-0.05, 0) is 36.8 Å². The highest BCUT2D eigenvalue weighted by atomic mass is 32.1. The minimum absolute atomic E-state index is 1.27. The molecule has 1 aromatic heterocycles. The second-order valence-electron chi connectivity index (χ2n) is 4.81. The van der Waals surface area contributed by atoms with E-state index < -0.39 is 0 Å². The van der Waals surface area contributed by atoms with Crippen molar-refractivity contribution in [2.45, 2.75) is 52.4 Å². The quantitative estimate of drug-likeness (QED) is 0.572. The molecule has 0 aliphatic carbocycles. The van der Waals surface area contributed by atoms with Gasteiger partial charge in [-0.25, -0.2) is 0 Å². The molecule has 1 aromatic carbocycles. The number of fused-ring (bicyclic) bond motifs is 1. The first-order valence-electron chi connectivity index (χ1n) is 6.80. The fourth-order valence-electron chi connectivity index (χ4n) is 2.35. The summed E-state index contributed by atoms with van der Waals surface area (Å²) >= 11 is 1.99. The number of unbranched alkanes of at least 4 members (excludes halogenated alkanes) is 4. The molecule has 17 heavy (non-hydrogen) atoms. The van der Waals surface area contributed by atoms with Crippen molar-refractivity contribution in [1.29, 1.82) is 0 Å². The Morgan fingerprint density at radius 3 is 2.53 bits per heavy atom. The van der Waals surface area contributed by atoms with Crippen LogP contribution in [0.4, 0.5) is 0 Å². The molecular weight excluding hydrogens is 224 g/mol. The highest BCUT2D eigenvalue weighted by Gasteiger charge is 2.06. The Labute approximate surface area is 109 Å². The van der Waals surface area contributed by atoms with Gasteiger partial charge in [-0.1, -0.05) is 50.8 Å². The maximum atomic E-state index is 2.28. The second-order valence-corrected chi connectivity index (χ2v) is 5.95. The largest absolute Gasteiger partial charge is 0.140 e. The standard InChI is InChI=1S/C16H22S/c1-3-4-5-6-7-11-15-13(2)14-10-8-9-12-16(14)17-15/h8-10,12H,3-7,11H2,1-2H3. The Kier molecular flexibility index (Phi) is 4.61. The van der Waals surface area contributed by atoms with Crippen molar-refractivity contribution in [3.63, 3.8) is 0 Å². The number of hydrogen-bond donors (Lipinski definition) is 0. The minimum Gasteiger partial charge on any atom is -0.140 e. The number of aryl methyl sites for hydroxylation is 2. The van der Waals surface area contributed by atoms with Crippen LogP contribution in [0, 0.1) is 6.92 Å². The van der Waals surface area contributed by atoms with E-state index in [1.54, 1.807) is 4.88 Å². The molecule has 0 aliphatic rings. The van der Waals surface area contributed by atoms with Crippen LogP contribution < -0.4 is 0 Å². The lowest BCUT2D eigenvalue weighted by Crippen LogP contribution is -1.84. The molecule has 1 heteroatoms. The van der Waals surface area contributed by atoms with Crippen LogP contribution in [0.5, 0.6) is 0 Å². The topological polar surface area (TPSA) is 0 Å². The van der Waals surface area contributed by atoms with E-state index in [9.17, 15) is 0 Å². The third-order valence-electron chi connectivity index (χ3n) is 3.45. The highest BCUT2D eigenvalue weighted by Crippen LogP contribution is 2.31. The average Bonchev–Trinajstić information content (AvgIpc) is 2.67. The summed E-state index contributed by atoms with van der Waals surface area (Å²) in [5.74, 6) is 0. The SMILES string of the molecule is CCCCCCCc1sc2ccccc2c1C. The van der Waals surface area contributed by atoms with Gasteiger partial charge in [0.25, 0.3) is 0 Å². The molecule has 2 aromatic rings. The molecule has 0 atom stereocenters. The highest BCUT2D eigenvalue weighted by molar-refractivity contribution is 7.19. The summed E-state index contributed by atoms with van der Waals surface area (Å²) in [5.41, 5.74) is 1.51. The lowest BCUT2D eigenvalue weighted by molar-refractivity contribution is 0.634. The first-order valence-corrected chi connectivity index (χ1v) is 7.61. The van der Waals surface area contributed by atoms with E-state index in [0.717, 1.165) is 0 Å². The van der Waals surface area contributed by atoms with Crippen molar-refractivity contribution >= 4 is 21.4 Å². The monoisotopic (exact) mass is 246 g/mol. The molecule has 0 unspecified atom stereocenters. The third-order valence-corrected chi connectivity index (χ3v) is 4.78. The molecule has 0 saturated carbocycles. The fourth-order valence-corrected chi connectivity index (χ4v) is 3.61. The zero-order valence-corrected chi connectivity index (χ0v) is 11.8. The number of benzene rings is 1. The first-order chi connectivity index (χ1) is 8.33. The molecule has 0 radical (unpaired) electrons. The zero-order chi connectivity index (χ0) is 12.1. The van der Waals surface area contributed by atoms with Crippen LogP contribution in [-0.4, -0.2) is 0 Å². The smallest absolute Gasteiger partial charge is 0.0348 e. The molecule has 0 nitrogen and oxygen atoms in total. The normalized spacial score (nSPS) is 11.2. The third kappa shape index (κ3) is 3.10. The van der Waals surface area contributed by atoms with E-state index in [4.69, 9.17) is 0 Å². The fraction of sp³-hybridized carbons (Fsp3) is 0.500. The molecule has 0 bridgehead atoms. The number of rotatable bonds is 6. The van der Waals surface area contributed by atoms with E-state index in [1.807, 2.05) is 11.3 Å². The Balaban J connectivity index is 1.97. The molecule has 0 spiro atoms. The van der Waals surface area contributed by atoms with Gasteiger partial charge in [-0.2, -0.15) is 0 Å². The summed E-state index contributed by atoms with van der Waals surface area (Å²) in [7, 11) is 0. The van der Waals surface area contributed by atoms with Gasteiger partial charge in [0, 0.05) is 9.58 Å². The van der Waals surface area contributed by atoms with E-state index in [1.165, 1.54) is 54.2 Å². The van der Waals surface area contributed by atoms with Gasteiger partial charge < -0.3 is 0 Å². The molecule has 2 rings (SSSR count). The lowest BCUT2D eigenvalue weighted by atomic mass is 10.1. The van der Waals surface area contributed by atoms with Gasteiger partial charge in [0.2, 0.25) is 0 Å². The predicted molar refractivity (Wildman–Crippen MR) is 79.0 cm³/mol. The van der Waals surface area contributed by atoms with Crippen molar-refractivity contribution in [1.82, 2.24) is 0 Å². The van der Waals surface area contributed by atoms with Gasteiger partial charge in [0.1, 0.15) is 0 Å². The number of hydrogen-bond acceptors (Lipinski definition) is 1. The molecule has 0 N–H and O–H groups in total. The van der Waals surface area contributed by atoms with Crippen molar-refractivity contribution in [2.75, 3.05) is 0 Å². The molecule has 0 fully saturated rings. The van der Waals surface area contributed by atoms with Crippen molar-refractivity contribution < 1.29 is 0 Å². The summed E-state index contributed by atoms with van der Waals surface area (Å²) in [4.78, 5) is 1.60. The molecule has 1 heterocycles. The summed E-state index contributed by atoms with van der Waals surface area (Å²) in [5, 5.41) is 1.46. The van der Waals surface area contributed by atoms with Gasteiger partial charge in [0.15, 0.2) is 0 Å². The van der Waals surface area contributed by atoms with E-state index in [2.05, 4.69) is 38.1 Å². The van der Waals surface area contributed by atoms with Gasteiger partial charge in [-0.15, -0.1) is 11.3 Å². The molecule has 0 amide bonds. The summed E-state index contributed by atoms with van der Waals surface area (Å²) < 4.78 is 1.45. The maximum absolute atomic E-state index is 2.28. The van der Waals surface area contributed by atoms with Crippen LogP contribution in [0.2, 0.25) is 0 Å². The Morgan fingerprint density at radius 2 is 1.76 bits per heavy atom. The molecule has 0 aliphatic heterocycles. The predicted octanol–water partition coefficient (Wildman–Crippen LogP) is 5.72. The lowest BCUT2D eigenvalue weighted by Gasteiger charge is -2.00. The van der Waals surface area contributed by atoms with Crippen LogP contribution in [0.15, 0.2) is 24.3 Å². The maximum Gasteiger partial charge on any atom is 0.0348 e. The van der Waals surface area contributed by atoms with Crippen LogP contribution in [0.25, 0.3) is 10.1 Å². The van der Waals surface area contributed by atoms with Gasteiger partial charge >= 0.3 is 0 Å². The van der Waals surface area contributed by atoms with E-state index in [0.29, 0.717) is 0 Å². The van der Waals surface area contributed by atoms with Gasteiger partial charge in [-0.3, -0.25) is 0 Å².